The Balaban J connectivity index is 1.33. The molecule has 0 aliphatic rings. The van der Waals surface area contributed by atoms with E-state index in [4.69, 9.17) is 4.74 Å². The zero-order valence-electron chi connectivity index (χ0n) is 21.9. The molecular formula is C33H30N2O4. The standard InChI is InChI=1S/C33H30N2O4/c1-35(26-10-15-29(39-2)16-11-26)33(38)34-21-23-5-3-22(4-6-23)19-32-30(24-7-12-27(36)13-8-24)17-9-25-20-28(37)14-18-31(25)32/h3-18,20,36-37H,19,21H2,1-2H3,(H,34,38). The third kappa shape index (κ3) is 5.80. The number of ether oxygens (including phenoxy) is 1. The second-order valence-electron chi connectivity index (χ2n) is 9.45. The molecule has 6 nitrogen and oxygen atoms in total. The summed E-state index contributed by atoms with van der Waals surface area (Å²) in [5.74, 6) is 1.20. The van der Waals surface area contributed by atoms with Crippen LogP contribution >= 0.6 is 0 Å². The Labute approximate surface area is 227 Å². The number of urea groups is 1. The molecule has 0 saturated carbocycles. The molecule has 5 aromatic rings. The molecule has 0 atom stereocenters. The van der Waals surface area contributed by atoms with Crippen molar-refractivity contribution in [2.75, 3.05) is 19.1 Å². The first-order chi connectivity index (χ1) is 18.9. The van der Waals surface area contributed by atoms with Gasteiger partial charge >= 0.3 is 6.03 Å². The lowest BCUT2D eigenvalue weighted by Crippen LogP contribution is -2.36. The number of phenols is 2. The van der Waals surface area contributed by atoms with E-state index in [9.17, 15) is 15.0 Å². The van der Waals surface area contributed by atoms with Crippen molar-refractivity contribution < 1.29 is 19.7 Å². The van der Waals surface area contributed by atoms with Crippen molar-refractivity contribution in [2.24, 2.45) is 0 Å². The van der Waals surface area contributed by atoms with Crippen LogP contribution in [0.2, 0.25) is 0 Å². The molecular weight excluding hydrogens is 488 g/mol. The summed E-state index contributed by atoms with van der Waals surface area (Å²) in [7, 11) is 3.34. The highest BCUT2D eigenvalue weighted by Crippen LogP contribution is 2.34. The van der Waals surface area contributed by atoms with Gasteiger partial charge in [0.05, 0.1) is 7.11 Å². The van der Waals surface area contributed by atoms with E-state index in [1.54, 1.807) is 43.3 Å². The molecule has 0 aromatic heterocycles. The second kappa shape index (κ2) is 11.2. The van der Waals surface area contributed by atoms with Crippen molar-refractivity contribution in [3.05, 3.63) is 120 Å². The van der Waals surface area contributed by atoms with Crippen LogP contribution in [0.3, 0.4) is 0 Å². The summed E-state index contributed by atoms with van der Waals surface area (Å²) in [6, 6.07) is 32.1. The van der Waals surface area contributed by atoms with E-state index in [-0.39, 0.29) is 17.5 Å². The van der Waals surface area contributed by atoms with Gasteiger partial charge < -0.3 is 20.3 Å². The number of nitrogens with one attached hydrogen (secondary N) is 1. The van der Waals surface area contributed by atoms with Crippen molar-refractivity contribution in [1.82, 2.24) is 5.32 Å². The van der Waals surface area contributed by atoms with Crippen molar-refractivity contribution in [3.8, 4) is 28.4 Å². The topological polar surface area (TPSA) is 82.0 Å². The lowest BCUT2D eigenvalue weighted by atomic mass is 9.90. The van der Waals surface area contributed by atoms with Crippen LogP contribution in [0.15, 0.2) is 103 Å². The second-order valence-corrected chi connectivity index (χ2v) is 9.45. The van der Waals surface area contributed by atoms with Gasteiger partial charge in [-0.25, -0.2) is 4.79 Å². The number of benzene rings is 5. The summed E-state index contributed by atoms with van der Waals surface area (Å²) < 4.78 is 5.18. The number of fused-ring (bicyclic) bond motifs is 1. The lowest BCUT2D eigenvalue weighted by Gasteiger charge is -2.18. The molecule has 0 heterocycles. The highest BCUT2D eigenvalue weighted by molar-refractivity contribution is 5.93. The molecule has 0 aliphatic carbocycles. The van der Waals surface area contributed by atoms with E-state index < -0.39 is 0 Å². The van der Waals surface area contributed by atoms with Crippen LogP contribution in [0.1, 0.15) is 16.7 Å². The molecule has 0 fully saturated rings. The lowest BCUT2D eigenvalue weighted by molar-refractivity contribution is 0.247. The molecule has 0 saturated heterocycles. The predicted octanol–water partition coefficient (Wildman–Crippen LogP) is 6.86. The van der Waals surface area contributed by atoms with Crippen LogP contribution in [0.25, 0.3) is 21.9 Å². The molecule has 0 bridgehead atoms. The Morgan fingerprint density at radius 3 is 2.15 bits per heavy atom. The van der Waals surface area contributed by atoms with Crippen molar-refractivity contribution in [1.29, 1.82) is 0 Å². The van der Waals surface area contributed by atoms with Crippen molar-refractivity contribution in [3.63, 3.8) is 0 Å². The van der Waals surface area contributed by atoms with Gasteiger partial charge in [0, 0.05) is 19.3 Å². The monoisotopic (exact) mass is 518 g/mol. The zero-order valence-corrected chi connectivity index (χ0v) is 21.9. The SMILES string of the molecule is COc1ccc(N(C)C(=O)NCc2ccc(Cc3c(-c4ccc(O)cc4)ccc4cc(O)ccc34)cc2)cc1. The van der Waals surface area contributed by atoms with E-state index >= 15 is 0 Å². The minimum absolute atomic E-state index is 0.193. The summed E-state index contributed by atoms with van der Waals surface area (Å²) in [6.07, 6.45) is 0.686. The van der Waals surface area contributed by atoms with E-state index in [0.717, 1.165) is 50.0 Å². The molecule has 39 heavy (non-hydrogen) atoms. The number of carbonyl (C=O) groups is 1. The number of methoxy groups -OCH3 is 1. The van der Waals surface area contributed by atoms with Crippen LogP contribution in [0, 0.1) is 0 Å². The van der Waals surface area contributed by atoms with Gasteiger partial charge in [-0.2, -0.15) is 0 Å². The predicted molar refractivity (Wildman–Crippen MR) is 156 cm³/mol. The smallest absolute Gasteiger partial charge is 0.321 e. The number of amides is 2. The normalized spacial score (nSPS) is 10.8. The van der Waals surface area contributed by atoms with E-state index in [0.29, 0.717) is 13.0 Å². The Kier molecular flexibility index (Phi) is 7.37. The number of hydrogen-bond acceptors (Lipinski definition) is 4. The maximum Gasteiger partial charge on any atom is 0.321 e. The maximum absolute atomic E-state index is 12.7. The highest BCUT2D eigenvalue weighted by Gasteiger charge is 2.13. The Morgan fingerprint density at radius 1 is 0.795 bits per heavy atom. The zero-order chi connectivity index (χ0) is 27.4. The first kappa shape index (κ1) is 25.7. The average Bonchev–Trinajstić information content (AvgIpc) is 2.97. The van der Waals surface area contributed by atoms with Crippen molar-refractivity contribution in [2.45, 2.75) is 13.0 Å². The number of rotatable bonds is 7. The first-order valence-electron chi connectivity index (χ1n) is 12.7. The van der Waals surface area contributed by atoms with Gasteiger partial charge in [-0.3, -0.25) is 4.90 Å². The van der Waals surface area contributed by atoms with Gasteiger partial charge in [-0.1, -0.05) is 54.6 Å². The Hall–Kier alpha value is -4.97. The summed E-state index contributed by atoms with van der Waals surface area (Å²) in [5.41, 5.74) is 6.12. The molecule has 2 amide bonds. The van der Waals surface area contributed by atoms with Crippen LogP contribution < -0.4 is 15.0 Å². The fourth-order valence-electron chi connectivity index (χ4n) is 4.68. The molecule has 6 heteroatoms. The van der Waals surface area contributed by atoms with Gasteiger partial charge in [0.2, 0.25) is 0 Å². The van der Waals surface area contributed by atoms with Crippen LogP contribution in [-0.2, 0) is 13.0 Å². The molecule has 3 N–H and O–H groups in total. The fraction of sp³-hybridized carbons (Fsp3) is 0.121. The average molecular weight is 519 g/mol. The number of hydrogen-bond donors (Lipinski definition) is 3. The number of carbonyl (C=O) groups excluding carboxylic acids is 1. The Morgan fingerprint density at radius 2 is 1.46 bits per heavy atom. The summed E-state index contributed by atoms with van der Waals surface area (Å²) in [4.78, 5) is 14.2. The van der Waals surface area contributed by atoms with Crippen molar-refractivity contribution >= 4 is 22.5 Å². The highest BCUT2D eigenvalue weighted by atomic mass is 16.5. The summed E-state index contributed by atoms with van der Waals surface area (Å²) in [5, 5.41) is 24.8. The van der Waals surface area contributed by atoms with Gasteiger partial charge in [-0.05, 0) is 93.5 Å². The number of anilines is 1. The van der Waals surface area contributed by atoms with Gasteiger partial charge in [0.15, 0.2) is 0 Å². The number of phenolic OH excluding ortho intramolecular Hbond substituents is 2. The fourth-order valence-corrected chi connectivity index (χ4v) is 4.68. The van der Waals surface area contributed by atoms with Gasteiger partial charge in [0.25, 0.3) is 0 Å². The Bertz CT molecular complexity index is 1600. The van der Waals surface area contributed by atoms with E-state index in [2.05, 4.69) is 23.5 Å². The molecule has 0 radical (unpaired) electrons. The number of nitrogens with zero attached hydrogens (tertiary/aromatic N) is 1. The number of aromatic hydroxyl groups is 2. The minimum Gasteiger partial charge on any atom is -0.508 e. The van der Waals surface area contributed by atoms with E-state index in [1.807, 2.05) is 60.7 Å². The first-order valence-corrected chi connectivity index (χ1v) is 12.7. The maximum atomic E-state index is 12.7. The summed E-state index contributed by atoms with van der Waals surface area (Å²) in [6.45, 7) is 0.409. The minimum atomic E-state index is -0.193. The quantitative estimate of drug-likeness (QED) is 0.220. The molecule has 196 valence electrons. The van der Waals surface area contributed by atoms with Gasteiger partial charge in [0.1, 0.15) is 17.2 Å². The molecule has 0 aliphatic heterocycles. The van der Waals surface area contributed by atoms with Crippen LogP contribution in [-0.4, -0.2) is 30.4 Å². The van der Waals surface area contributed by atoms with Crippen LogP contribution in [0.5, 0.6) is 17.2 Å². The largest absolute Gasteiger partial charge is 0.508 e. The molecule has 5 rings (SSSR count). The van der Waals surface area contributed by atoms with Gasteiger partial charge in [-0.15, -0.1) is 0 Å². The molecule has 0 spiro atoms. The third-order valence-corrected chi connectivity index (χ3v) is 6.91. The molecule has 5 aromatic carbocycles. The summed E-state index contributed by atoms with van der Waals surface area (Å²) >= 11 is 0. The third-order valence-electron chi connectivity index (χ3n) is 6.91. The van der Waals surface area contributed by atoms with Crippen LogP contribution in [0.4, 0.5) is 10.5 Å². The molecule has 0 unspecified atom stereocenters. The van der Waals surface area contributed by atoms with E-state index in [1.165, 1.54) is 0 Å².